The van der Waals surface area contributed by atoms with Crippen LogP contribution < -0.4 is 14.3 Å². The van der Waals surface area contributed by atoms with E-state index in [-0.39, 0.29) is 11.0 Å². The molecule has 5 nitrogen and oxygen atoms in total. The molecular formula is C14H15ClN2O3. The number of nitrogens with zero attached hydrogens (tertiary/aromatic N) is 2. The minimum atomic E-state index is -0.0125. The van der Waals surface area contributed by atoms with Crippen LogP contribution in [0.15, 0.2) is 18.2 Å². The second-order valence-electron chi connectivity index (χ2n) is 4.47. The number of aryl methyl sites for hydroxylation is 2. The first kappa shape index (κ1) is 14.4. The van der Waals surface area contributed by atoms with E-state index in [9.17, 15) is 5.21 Å². The van der Waals surface area contributed by atoms with Gasteiger partial charge in [0.05, 0.1) is 12.2 Å². The van der Waals surface area contributed by atoms with Crippen molar-refractivity contribution in [1.29, 1.82) is 0 Å². The van der Waals surface area contributed by atoms with Gasteiger partial charge in [0.2, 0.25) is 0 Å². The lowest BCUT2D eigenvalue weighted by Crippen LogP contribution is -2.32. The molecule has 106 valence electrons. The van der Waals surface area contributed by atoms with E-state index in [1.165, 1.54) is 12.1 Å². The Bertz CT molecular complexity index is 659. The molecule has 0 bridgehead atoms. The van der Waals surface area contributed by atoms with Crippen LogP contribution in [0.5, 0.6) is 17.4 Å². The average Bonchev–Trinajstić information content (AvgIpc) is 2.40. The van der Waals surface area contributed by atoms with E-state index in [0.717, 1.165) is 16.7 Å². The molecule has 1 aromatic carbocycles. The van der Waals surface area contributed by atoms with Crippen LogP contribution in [0.3, 0.4) is 0 Å². The molecule has 0 atom stereocenters. The molecule has 1 aromatic heterocycles. The Labute approximate surface area is 122 Å². The molecule has 0 amide bonds. The first-order valence-electron chi connectivity index (χ1n) is 6.03. The number of halogens is 1. The maximum atomic E-state index is 11.4. The van der Waals surface area contributed by atoms with Crippen LogP contribution >= 0.6 is 11.6 Å². The summed E-state index contributed by atoms with van der Waals surface area (Å²) in [6.45, 7) is 5.84. The molecule has 0 aliphatic heterocycles. The fourth-order valence-electron chi connectivity index (χ4n) is 1.94. The van der Waals surface area contributed by atoms with Crippen LogP contribution in [-0.2, 0) is 0 Å². The van der Waals surface area contributed by atoms with E-state index < -0.39 is 0 Å². The third kappa shape index (κ3) is 2.63. The molecular weight excluding hydrogens is 280 g/mol. The summed E-state index contributed by atoms with van der Waals surface area (Å²) in [6.07, 6.45) is 0. The van der Waals surface area contributed by atoms with Gasteiger partial charge in [-0.15, -0.1) is 0 Å². The zero-order chi connectivity index (χ0) is 14.9. The molecule has 6 heteroatoms. The van der Waals surface area contributed by atoms with Crippen molar-refractivity contribution >= 4 is 11.6 Å². The molecule has 0 saturated carbocycles. The van der Waals surface area contributed by atoms with Gasteiger partial charge in [0, 0.05) is 12.1 Å². The zero-order valence-electron chi connectivity index (χ0n) is 11.7. The molecule has 0 aliphatic rings. The van der Waals surface area contributed by atoms with Crippen molar-refractivity contribution < 1.29 is 14.3 Å². The number of hydrogen-bond donors (Lipinski definition) is 0. The number of rotatable bonds is 3. The fraction of sp³-hybridized carbons (Fsp3) is 0.286. The molecule has 0 aliphatic carbocycles. The Kier molecular flexibility index (Phi) is 3.99. The van der Waals surface area contributed by atoms with Gasteiger partial charge in [0.25, 0.3) is 5.88 Å². The van der Waals surface area contributed by atoms with Crippen molar-refractivity contribution in [3.63, 3.8) is 0 Å². The first-order chi connectivity index (χ1) is 9.43. The van der Waals surface area contributed by atoms with Crippen LogP contribution in [0.2, 0.25) is 5.15 Å². The third-order valence-electron chi connectivity index (χ3n) is 3.08. The molecule has 0 radical (unpaired) electrons. The highest BCUT2D eigenvalue weighted by atomic mass is 35.5. The lowest BCUT2D eigenvalue weighted by Gasteiger charge is -2.16. The Morgan fingerprint density at radius 3 is 2.45 bits per heavy atom. The van der Waals surface area contributed by atoms with Gasteiger partial charge in [-0.25, -0.2) is 0 Å². The number of benzene rings is 1. The second-order valence-corrected chi connectivity index (χ2v) is 4.85. The minimum absolute atomic E-state index is 0.0125. The van der Waals surface area contributed by atoms with Crippen molar-refractivity contribution in [3.05, 3.63) is 45.2 Å². The van der Waals surface area contributed by atoms with Crippen molar-refractivity contribution in [1.82, 2.24) is 5.10 Å². The topological polar surface area (TPSA) is 58.3 Å². The molecule has 0 N–H and O–H groups in total. The summed E-state index contributed by atoms with van der Waals surface area (Å²) in [5, 5.41) is 15.0. The van der Waals surface area contributed by atoms with Crippen LogP contribution in [0.25, 0.3) is 0 Å². The summed E-state index contributed by atoms with van der Waals surface area (Å²) in [5.41, 5.74) is 2.96. The van der Waals surface area contributed by atoms with Gasteiger partial charge in [-0.05, 0) is 53.9 Å². The van der Waals surface area contributed by atoms with Gasteiger partial charge in [0.15, 0.2) is 11.5 Å². The summed E-state index contributed by atoms with van der Waals surface area (Å²) < 4.78 is 11.1. The van der Waals surface area contributed by atoms with Crippen molar-refractivity contribution in [2.24, 2.45) is 0 Å². The van der Waals surface area contributed by atoms with Gasteiger partial charge < -0.3 is 14.7 Å². The lowest BCUT2D eigenvalue weighted by molar-refractivity contribution is -0.667. The number of aromatic nitrogens is 2. The van der Waals surface area contributed by atoms with Gasteiger partial charge in [-0.1, -0.05) is 6.07 Å². The predicted octanol–water partition coefficient (Wildman–Crippen LogP) is 3.09. The fourth-order valence-corrected chi connectivity index (χ4v) is 2.04. The van der Waals surface area contributed by atoms with E-state index in [0.29, 0.717) is 16.3 Å². The minimum Gasteiger partial charge on any atom is -0.593 e. The highest BCUT2D eigenvalue weighted by Crippen LogP contribution is 2.38. The average molecular weight is 295 g/mol. The molecule has 0 unspecified atom stereocenters. The predicted molar refractivity (Wildman–Crippen MR) is 75.5 cm³/mol. The molecule has 0 fully saturated rings. The van der Waals surface area contributed by atoms with E-state index in [2.05, 4.69) is 5.10 Å². The van der Waals surface area contributed by atoms with Crippen LogP contribution in [0, 0.1) is 26.0 Å². The number of methoxy groups -OCH3 is 1. The van der Waals surface area contributed by atoms with Gasteiger partial charge in [-0.3, -0.25) is 0 Å². The van der Waals surface area contributed by atoms with Crippen LogP contribution in [-0.4, -0.2) is 12.2 Å². The number of ether oxygens (including phenoxy) is 2. The Morgan fingerprint density at radius 1 is 1.15 bits per heavy atom. The second kappa shape index (κ2) is 5.54. The Hall–Kier alpha value is -2.01. The quantitative estimate of drug-likeness (QED) is 0.645. The van der Waals surface area contributed by atoms with E-state index in [1.54, 1.807) is 7.11 Å². The molecule has 20 heavy (non-hydrogen) atoms. The number of hydrogen-bond acceptors (Lipinski definition) is 4. The molecule has 2 aromatic rings. The highest BCUT2D eigenvalue weighted by molar-refractivity contribution is 6.28. The maximum absolute atomic E-state index is 11.4. The monoisotopic (exact) mass is 294 g/mol. The SMILES string of the molecule is COc1c(C)cc(C)c(C)c1Oc1ccc(Cl)[n+]([O-])n1. The van der Waals surface area contributed by atoms with Crippen LogP contribution in [0.4, 0.5) is 0 Å². The third-order valence-corrected chi connectivity index (χ3v) is 3.35. The van der Waals surface area contributed by atoms with E-state index >= 15 is 0 Å². The Morgan fingerprint density at radius 2 is 1.85 bits per heavy atom. The molecule has 1 heterocycles. The molecule has 0 saturated heterocycles. The van der Waals surface area contributed by atoms with Crippen molar-refractivity contribution in [2.75, 3.05) is 7.11 Å². The summed E-state index contributed by atoms with van der Waals surface area (Å²) in [6, 6.07) is 4.98. The lowest BCUT2D eigenvalue weighted by atomic mass is 10.0. The van der Waals surface area contributed by atoms with Gasteiger partial charge >= 0.3 is 5.15 Å². The first-order valence-corrected chi connectivity index (χ1v) is 6.41. The maximum Gasteiger partial charge on any atom is 0.313 e. The van der Waals surface area contributed by atoms with E-state index in [1.807, 2.05) is 26.8 Å². The summed E-state index contributed by atoms with van der Waals surface area (Å²) >= 11 is 5.63. The van der Waals surface area contributed by atoms with Crippen molar-refractivity contribution in [2.45, 2.75) is 20.8 Å². The highest BCUT2D eigenvalue weighted by Gasteiger charge is 2.17. The zero-order valence-corrected chi connectivity index (χ0v) is 12.5. The smallest absolute Gasteiger partial charge is 0.313 e. The van der Waals surface area contributed by atoms with Gasteiger partial charge in [0.1, 0.15) is 0 Å². The van der Waals surface area contributed by atoms with Gasteiger partial charge in [-0.2, -0.15) is 0 Å². The summed E-state index contributed by atoms with van der Waals surface area (Å²) in [7, 11) is 1.58. The largest absolute Gasteiger partial charge is 0.593 e. The van der Waals surface area contributed by atoms with Crippen LogP contribution in [0.1, 0.15) is 16.7 Å². The standard InChI is InChI=1S/C14H15ClN2O3/c1-8-7-9(2)13(19-4)14(10(8)3)20-12-6-5-11(15)17(18)16-12/h5-7H,1-4H3. The normalized spacial score (nSPS) is 10.4. The Balaban J connectivity index is 2.49. The summed E-state index contributed by atoms with van der Waals surface area (Å²) in [5.74, 6) is 1.35. The molecule has 2 rings (SSSR count). The molecule has 0 spiro atoms. The van der Waals surface area contributed by atoms with E-state index in [4.69, 9.17) is 21.1 Å². The van der Waals surface area contributed by atoms with Crippen molar-refractivity contribution in [3.8, 4) is 17.4 Å². The summed E-state index contributed by atoms with van der Waals surface area (Å²) in [4.78, 5) is 0.307.